The number of aryl methyl sites for hydroxylation is 3. The lowest BCUT2D eigenvalue weighted by molar-refractivity contribution is -0.126. The molecule has 2 aromatic rings. The minimum atomic E-state index is -0.412. The Kier molecular flexibility index (Phi) is 5.17. The summed E-state index contributed by atoms with van der Waals surface area (Å²) in [5.74, 6) is -0.0829. The topological polar surface area (TPSA) is 49.4 Å². The fourth-order valence-corrected chi connectivity index (χ4v) is 3.13. The fourth-order valence-electron chi connectivity index (χ4n) is 3.13. The molecule has 1 atom stereocenters. The summed E-state index contributed by atoms with van der Waals surface area (Å²) in [5.41, 5.74) is 4.42. The summed E-state index contributed by atoms with van der Waals surface area (Å²) in [6, 6.07) is 15.5. The Bertz CT molecular complexity index is 771. The molecule has 1 N–H and O–H groups in total. The Morgan fingerprint density at radius 2 is 1.88 bits per heavy atom. The molecule has 0 aromatic heterocycles. The molecule has 25 heavy (non-hydrogen) atoms. The van der Waals surface area contributed by atoms with Gasteiger partial charge in [-0.2, -0.15) is 0 Å². The average molecular weight is 336 g/mol. The minimum Gasteiger partial charge on any atom is -0.344 e. The molecule has 1 heterocycles. The fraction of sp³-hybridized carbons (Fsp3) is 0.333. The molecule has 0 unspecified atom stereocenters. The van der Waals surface area contributed by atoms with Crippen LogP contribution in [0.1, 0.15) is 29.5 Å². The molecule has 4 nitrogen and oxygen atoms in total. The zero-order chi connectivity index (χ0) is 17.8. The van der Waals surface area contributed by atoms with E-state index in [9.17, 15) is 9.59 Å². The molecule has 1 aliphatic rings. The predicted molar refractivity (Wildman–Crippen MR) is 99.6 cm³/mol. The summed E-state index contributed by atoms with van der Waals surface area (Å²) in [5, 5.41) is 2.89. The number of benzene rings is 2. The lowest BCUT2D eigenvalue weighted by atomic mass is 10.1. The van der Waals surface area contributed by atoms with Crippen LogP contribution >= 0.6 is 0 Å². The van der Waals surface area contributed by atoms with E-state index in [0.717, 1.165) is 11.3 Å². The van der Waals surface area contributed by atoms with Crippen molar-refractivity contribution in [3.8, 4) is 0 Å². The smallest absolute Gasteiger partial charge is 0.249 e. The standard InChI is InChI=1S/C21H24N2O2/c1-15-8-10-18(14-16(15)2)23-13-12-19(21(23)25)22-20(24)11-9-17-6-4-3-5-7-17/h3-8,10,14,19H,9,11-13H2,1-2H3,(H,22,24)/t19-/m0/s1. The van der Waals surface area contributed by atoms with Gasteiger partial charge in [-0.1, -0.05) is 36.4 Å². The molecule has 0 spiro atoms. The quantitative estimate of drug-likeness (QED) is 0.912. The summed E-state index contributed by atoms with van der Waals surface area (Å²) in [7, 11) is 0. The maximum absolute atomic E-state index is 12.6. The molecule has 2 amide bonds. The second-order valence-electron chi connectivity index (χ2n) is 6.65. The minimum absolute atomic E-state index is 0.0173. The molecular formula is C21H24N2O2. The molecule has 1 fully saturated rings. The Morgan fingerprint density at radius 1 is 1.12 bits per heavy atom. The Morgan fingerprint density at radius 3 is 2.60 bits per heavy atom. The van der Waals surface area contributed by atoms with Crippen LogP contribution in [0.15, 0.2) is 48.5 Å². The van der Waals surface area contributed by atoms with E-state index in [1.807, 2.05) is 55.5 Å². The van der Waals surface area contributed by atoms with Crippen molar-refractivity contribution in [3.05, 3.63) is 65.2 Å². The third-order valence-electron chi connectivity index (χ3n) is 4.83. The van der Waals surface area contributed by atoms with Crippen LogP contribution in [-0.4, -0.2) is 24.4 Å². The molecule has 0 bridgehead atoms. The highest BCUT2D eigenvalue weighted by Gasteiger charge is 2.33. The molecule has 1 saturated heterocycles. The van der Waals surface area contributed by atoms with Crippen molar-refractivity contribution in [1.29, 1.82) is 0 Å². The summed E-state index contributed by atoms with van der Waals surface area (Å²) in [4.78, 5) is 26.6. The number of carbonyl (C=O) groups excluding carboxylic acids is 2. The van der Waals surface area contributed by atoms with Gasteiger partial charge < -0.3 is 10.2 Å². The SMILES string of the molecule is Cc1ccc(N2CC[C@H](NC(=O)CCc3ccccc3)C2=O)cc1C. The van der Waals surface area contributed by atoms with Crippen molar-refractivity contribution < 1.29 is 9.59 Å². The molecule has 3 rings (SSSR count). The van der Waals surface area contributed by atoms with Crippen LogP contribution in [0, 0.1) is 13.8 Å². The first-order valence-electron chi connectivity index (χ1n) is 8.76. The number of hydrogen-bond donors (Lipinski definition) is 1. The van der Waals surface area contributed by atoms with Crippen LogP contribution in [0.5, 0.6) is 0 Å². The van der Waals surface area contributed by atoms with E-state index in [2.05, 4.69) is 12.2 Å². The lowest BCUT2D eigenvalue weighted by Gasteiger charge is -2.18. The van der Waals surface area contributed by atoms with Crippen LogP contribution in [0.3, 0.4) is 0 Å². The van der Waals surface area contributed by atoms with Crippen LogP contribution in [0.4, 0.5) is 5.69 Å². The number of nitrogens with one attached hydrogen (secondary N) is 1. The molecule has 1 aliphatic heterocycles. The highest BCUT2D eigenvalue weighted by atomic mass is 16.2. The van der Waals surface area contributed by atoms with E-state index in [-0.39, 0.29) is 11.8 Å². The van der Waals surface area contributed by atoms with E-state index in [0.29, 0.717) is 25.8 Å². The van der Waals surface area contributed by atoms with Gasteiger partial charge in [0.1, 0.15) is 6.04 Å². The number of rotatable bonds is 5. The summed E-state index contributed by atoms with van der Waals surface area (Å²) >= 11 is 0. The zero-order valence-electron chi connectivity index (χ0n) is 14.8. The van der Waals surface area contributed by atoms with Gasteiger partial charge in [0.25, 0.3) is 0 Å². The van der Waals surface area contributed by atoms with Crippen molar-refractivity contribution in [2.75, 3.05) is 11.4 Å². The Labute approximate surface area is 148 Å². The van der Waals surface area contributed by atoms with Gasteiger partial charge in [-0.15, -0.1) is 0 Å². The van der Waals surface area contributed by atoms with Gasteiger partial charge in [0.05, 0.1) is 0 Å². The summed E-state index contributed by atoms with van der Waals surface area (Å²) in [6.07, 6.45) is 1.74. The van der Waals surface area contributed by atoms with Crippen molar-refractivity contribution in [2.45, 2.75) is 39.2 Å². The molecular weight excluding hydrogens is 312 g/mol. The number of amides is 2. The number of carbonyl (C=O) groups is 2. The lowest BCUT2D eigenvalue weighted by Crippen LogP contribution is -2.41. The highest BCUT2D eigenvalue weighted by molar-refractivity contribution is 6.01. The molecule has 2 aromatic carbocycles. The van der Waals surface area contributed by atoms with Gasteiger partial charge >= 0.3 is 0 Å². The number of hydrogen-bond acceptors (Lipinski definition) is 2. The van der Waals surface area contributed by atoms with Crippen molar-refractivity contribution in [1.82, 2.24) is 5.32 Å². The van der Waals surface area contributed by atoms with Crippen molar-refractivity contribution in [2.24, 2.45) is 0 Å². The number of anilines is 1. The molecule has 0 saturated carbocycles. The third-order valence-corrected chi connectivity index (χ3v) is 4.83. The van der Waals surface area contributed by atoms with Crippen molar-refractivity contribution in [3.63, 3.8) is 0 Å². The van der Waals surface area contributed by atoms with Crippen molar-refractivity contribution >= 4 is 17.5 Å². The maximum atomic E-state index is 12.6. The summed E-state index contributed by atoms with van der Waals surface area (Å²) in [6.45, 7) is 4.74. The van der Waals surface area contributed by atoms with E-state index >= 15 is 0 Å². The van der Waals surface area contributed by atoms with Gasteiger partial charge in [-0.25, -0.2) is 0 Å². The molecule has 130 valence electrons. The average Bonchev–Trinajstić information content (AvgIpc) is 2.97. The number of nitrogens with zero attached hydrogens (tertiary/aromatic N) is 1. The van der Waals surface area contributed by atoms with Gasteiger partial charge in [-0.05, 0) is 55.5 Å². The molecule has 0 aliphatic carbocycles. The first kappa shape index (κ1) is 17.2. The van der Waals surface area contributed by atoms with Crippen LogP contribution < -0.4 is 10.2 Å². The van der Waals surface area contributed by atoms with E-state index in [4.69, 9.17) is 0 Å². The molecule has 4 heteroatoms. The van der Waals surface area contributed by atoms with E-state index in [1.165, 1.54) is 11.1 Å². The molecule has 0 radical (unpaired) electrons. The van der Waals surface area contributed by atoms with Gasteiger partial charge in [0, 0.05) is 18.7 Å². The predicted octanol–water partition coefficient (Wildman–Crippen LogP) is 3.16. The highest BCUT2D eigenvalue weighted by Crippen LogP contribution is 2.24. The first-order chi connectivity index (χ1) is 12.0. The first-order valence-corrected chi connectivity index (χ1v) is 8.76. The van der Waals surface area contributed by atoms with Gasteiger partial charge in [-0.3, -0.25) is 9.59 Å². The monoisotopic (exact) mass is 336 g/mol. The Balaban J connectivity index is 1.56. The normalized spacial score (nSPS) is 17.0. The van der Waals surface area contributed by atoms with E-state index < -0.39 is 6.04 Å². The van der Waals surface area contributed by atoms with Crippen LogP contribution in [0.2, 0.25) is 0 Å². The van der Waals surface area contributed by atoms with E-state index in [1.54, 1.807) is 4.90 Å². The summed E-state index contributed by atoms with van der Waals surface area (Å²) < 4.78 is 0. The van der Waals surface area contributed by atoms with Gasteiger partial charge in [0.15, 0.2) is 0 Å². The Hall–Kier alpha value is -2.62. The maximum Gasteiger partial charge on any atom is 0.249 e. The second-order valence-corrected chi connectivity index (χ2v) is 6.65. The van der Waals surface area contributed by atoms with Gasteiger partial charge in [0.2, 0.25) is 11.8 Å². The third kappa shape index (κ3) is 4.08. The second kappa shape index (κ2) is 7.51. The zero-order valence-corrected chi connectivity index (χ0v) is 14.8. The van der Waals surface area contributed by atoms with Crippen LogP contribution in [0.25, 0.3) is 0 Å². The largest absolute Gasteiger partial charge is 0.344 e. The van der Waals surface area contributed by atoms with Crippen LogP contribution in [-0.2, 0) is 16.0 Å².